The summed E-state index contributed by atoms with van der Waals surface area (Å²) in [5.41, 5.74) is -1.40. The van der Waals surface area contributed by atoms with Crippen molar-refractivity contribution in [3.05, 3.63) is 33.4 Å². The van der Waals surface area contributed by atoms with E-state index in [1.807, 2.05) is 0 Å². The summed E-state index contributed by atoms with van der Waals surface area (Å²) in [6.45, 7) is -1.93. The van der Waals surface area contributed by atoms with Gasteiger partial charge in [-0.25, -0.2) is 4.79 Å². The molecule has 0 bridgehead atoms. The first-order valence-corrected chi connectivity index (χ1v) is 4.88. The molecule has 0 saturated carbocycles. The second kappa shape index (κ2) is 5.57. The van der Waals surface area contributed by atoms with Gasteiger partial charge in [-0.05, 0) is 18.6 Å². The van der Waals surface area contributed by atoms with Crippen molar-refractivity contribution >= 4 is 11.7 Å². The van der Waals surface area contributed by atoms with Crippen LogP contribution in [0.25, 0.3) is 0 Å². The first-order valence-electron chi connectivity index (χ1n) is 4.88. The predicted octanol–water partition coefficient (Wildman–Crippen LogP) is 1.62. The van der Waals surface area contributed by atoms with E-state index in [1.54, 1.807) is 0 Å². The maximum atomic E-state index is 12.2. The van der Waals surface area contributed by atoms with Gasteiger partial charge in [0.25, 0.3) is 5.69 Å². The molecule has 0 amide bonds. The molecule has 0 aliphatic rings. The van der Waals surface area contributed by atoms with Gasteiger partial charge in [0, 0.05) is 6.07 Å². The lowest BCUT2D eigenvalue weighted by molar-refractivity contribution is -0.386. The van der Waals surface area contributed by atoms with E-state index in [4.69, 9.17) is 5.11 Å². The Labute approximate surface area is 105 Å². The Kier molecular flexibility index (Phi) is 4.33. The molecule has 1 unspecified atom stereocenters. The number of nitro groups is 1. The van der Waals surface area contributed by atoms with Crippen molar-refractivity contribution in [2.24, 2.45) is 0 Å². The number of alkyl halides is 2. The SMILES string of the molecule is Cc1cc(OC(F)F)c(C(O)C(=O)O)c([N+](=O)[O-])c1. The van der Waals surface area contributed by atoms with Gasteiger partial charge in [0.05, 0.1) is 4.92 Å². The molecule has 2 N–H and O–H groups in total. The van der Waals surface area contributed by atoms with Gasteiger partial charge in [-0.1, -0.05) is 0 Å². The molecule has 104 valence electrons. The van der Waals surface area contributed by atoms with Gasteiger partial charge in [0.15, 0.2) is 6.10 Å². The maximum absolute atomic E-state index is 12.2. The first kappa shape index (κ1) is 14.8. The number of halogens is 2. The number of aryl methyl sites for hydroxylation is 1. The number of aliphatic hydroxyl groups is 1. The number of nitro benzene ring substituents is 1. The summed E-state index contributed by atoms with van der Waals surface area (Å²) in [6.07, 6.45) is -2.34. The Morgan fingerprint density at radius 2 is 2.05 bits per heavy atom. The van der Waals surface area contributed by atoms with E-state index < -0.39 is 40.6 Å². The second-order valence-corrected chi connectivity index (χ2v) is 3.57. The number of hydrogen-bond donors (Lipinski definition) is 2. The summed E-state index contributed by atoms with van der Waals surface area (Å²) in [5, 5.41) is 28.8. The second-order valence-electron chi connectivity index (χ2n) is 3.57. The Bertz CT molecular complexity index is 519. The van der Waals surface area contributed by atoms with Crippen molar-refractivity contribution in [3.8, 4) is 5.75 Å². The molecule has 1 aromatic rings. The van der Waals surface area contributed by atoms with E-state index >= 15 is 0 Å². The fourth-order valence-electron chi connectivity index (χ4n) is 1.49. The van der Waals surface area contributed by atoms with Gasteiger partial charge in [-0.15, -0.1) is 0 Å². The Balaban J connectivity index is 3.51. The van der Waals surface area contributed by atoms with Crippen molar-refractivity contribution in [2.45, 2.75) is 19.6 Å². The molecule has 0 aliphatic carbocycles. The zero-order valence-corrected chi connectivity index (χ0v) is 9.54. The quantitative estimate of drug-likeness (QED) is 0.625. The summed E-state index contributed by atoms with van der Waals surface area (Å²) < 4.78 is 28.4. The number of rotatable bonds is 5. The Morgan fingerprint density at radius 3 is 2.47 bits per heavy atom. The van der Waals surface area contributed by atoms with E-state index in [-0.39, 0.29) is 5.56 Å². The summed E-state index contributed by atoms with van der Waals surface area (Å²) in [6, 6.07) is 1.94. The van der Waals surface area contributed by atoms with Gasteiger partial charge >= 0.3 is 12.6 Å². The summed E-state index contributed by atoms with van der Waals surface area (Å²) in [7, 11) is 0. The van der Waals surface area contributed by atoms with E-state index in [1.165, 1.54) is 6.92 Å². The highest BCUT2D eigenvalue weighted by Crippen LogP contribution is 2.36. The molecule has 0 fully saturated rings. The van der Waals surface area contributed by atoms with Gasteiger partial charge in [0.1, 0.15) is 11.3 Å². The van der Waals surface area contributed by atoms with Crippen LogP contribution in [0.15, 0.2) is 12.1 Å². The van der Waals surface area contributed by atoms with E-state index in [9.17, 15) is 28.8 Å². The molecule has 19 heavy (non-hydrogen) atoms. The molecular formula is C10H9F2NO6. The minimum absolute atomic E-state index is 0.212. The van der Waals surface area contributed by atoms with Gasteiger partial charge in [-0.3, -0.25) is 10.1 Å². The highest BCUT2D eigenvalue weighted by molar-refractivity contribution is 5.77. The third kappa shape index (κ3) is 3.35. The number of hydrogen-bond acceptors (Lipinski definition) is 5. The van der Waals surface area contributed by atoms with Crippen molar-refractivity contribution in [3.63, 3.8) is 0 Å². The zero-order chi connectivity index (χ0) is 14.7. The molecule has 0 saturated heterocycles. The van der Waals surface area contributed by atoms with Crippen molar-refractivity contribution < 1.29 is 33.4 Å². The van der Waals surface area contributed by atoms with Crippen LogP contribution >= 0.6 is 0 Å². The van der Waals surface area contributed by atoms with Gasteiger partial charge in [-0.2, -0.15) is 8.78 Å². The van der Waals surface area contributed by atoms with Crippen LogP contribution in [0.5, 0.6) is 5.75 Å². The number of aliphatic hydroxyl groups excluding tert-OH is 1. The van der Waals surface area contributed by atoms with Crippen LogP contribution in [0.2, 0.25) is 0 Å². The molecule has 9 heteroatoms. The minimum Gasteiger partial charge on any atom is -0.479 e. The first-order chi connectivity index (χ1) is 8.73. The number of ether oxygens (including phenoxy) is 1. The van der Waals surface area contributed by atoms with Crippen molar-refractivity contribution in [1.82, 2.24) is 0 Å². The fraction of sp³-hybridized carbons (Fsp3) is 0.300. The molecule has 1 aromatic carbocycles. The average Bonchev–Trinajstić information content (AvgIpc) is 2.26. The summed E-state index contributed by atoms with van der Waals surface area (Å²) in [5.74, 6) is -2.55. The molecule has 0 aromatic heterocycles. The largest absolute Gasteiger partial charge is 0.479 e. The lowest BCUT2D eigenvalue weighted by atomic mass is 10.0. The number of carboxylic acids is 1. The highest BCUT2D eigenvalue weighted by Gasteiger charge is 2.31. The van der Waals surface area contributed by atoms with Crippen LogP contribution in [0.1, 0.15) is 17.2 Å². The normalized spacial score (nSPS) is 12.3. The molecule has 0 spiro atoms. The number of carbonyl (C=O) groups is 1. The minimum atomic E-state index is -3.30. The summed E-state index contributed by atoms with van der Waals surface area (Å²) >= 11 is 0. The third-order valence-corrected chi connectivity index (χ3v) is 2.18. The monoisotopic (exact) mass is 277 g/mol. The molecule has 1 atom stereocenters. The molecule has 0 aliphatic heterocycles. The van der Waals surface area contributed by atoms with Crippen LogP contribution in [-0.2, 0) is 4.79 Å². The standard InChI is InChI=1S/C10H9F2NO6/c1-4-2-5(13(17)18)7(8(14)9(15)16)6(3-4)19-10(11)12/h2-3,8,10,14H,1H3,(H,15,16). The van der Waals surface area contributed by atoms with Crippen molar-refractivity contribution in [2.75, 3.05) is 0 Å². The molecular weight excluding hydrogens is 268 g/mol. The fourth-order valence-corrected chi connectivity index (χ4v) is 1.49. The number of aliphatic carboxylic acids is 1. The average molecular weight is 277 g/mol. The molecule has 0 heterocycles. The topological polar surface area (TPSA) is 110 Å². The third-order valence-electron chi connectivity index (χ3n) is 2.18. The van der Waals surface area contributed by atoms with E-state index in [0.29, 0.717) is 0 Å². The van der Waals surface area contributed by atoms with Crippen LogP contribution < -0.4 is 4.74 Å². The number of carboxylic acid groups (broad SMARTS) is 1. The smallest absolute Gasteiger partial charge is 0.387 e. The van der Waals surface area contributed by atoms with Gasteiger partial charge < -0.3 is 14.9 Å². The van der Waals surface area contributed by atoms with Gasteiger partial charge in [0.2, 0.25) is 0 Å². The maximum Gasteiger partial charge on any atom is 0.387 e. The zero-order valence-electron chi connectivity index (χ0n) is 9.54. The van der Waals surface area contributed by atoms with Crippen LogP contribution in [-0.4, -0.2) is 27.7 Å². The van der Waals surface area contributed by atoms with Crippen molar-refractivity contribution in [1.29, 1.82) is 0 Å². The highest BCUT2D eigenvalue weighted by atomic mass is 19.3. The molecule has 7 nitrogen and oxygen atoms in total. The summed E-state index contributed by atoms with van der Waals surface area (Å²) in [4.78, 5) is 20.5. The lowest BCUT2D eigenvalue weighted by Crippen LogP contribution is -2.16. The predicted molar refractivity (Wildman–Crippen MR) is 57.1 cm³/mol. The van der Waals surface area contributed by atoms with Crippen LogP contribution in [0.4, 0.5) is 14.5 Å². The Hall–Kier alpha value is -2.29. The van der Waals surface area contributed by atoms with Crippen LogP contribution in [0.3, 0.4) is 0 Å². The van der Waals surface area contributed by atoms with Crippen LogP contribution in [0, 0.1) is 17.0 Å². The number of nitrogens with zero attached hydrogens (tertiary/aromatic N) is 1. The lowest BCUT2D eigenvalue weighted by Gasteiger charge is -2.14. The van der Waals surface area contributed by atoms with E-state index in [2.05, 4.69) is 4.74 Å². The Morgan fingerprint density at radius 1 is 1.47 bits per heavy atom. The number of benzene rings is 1. The molecule has 0 radical (unpaired) electrons. The molecule has 1 rings (SSSR count). The van der Waals surface area contributed by atoms with E-state index in [0.717, 1.165) is 12.1 Å².